The van der Waals surface area contributed by atoms with Crippen molar-refractivity contribution in [3.05, 3.63) is 40.4 Å². The van der Waals surface area contributed by atoms with Crippen molar-refractivity contribution < 1.29 is 4.92 Å². The summed E-state index contributed by atoms with van der Waals surface area (Å²) in [6.45, 7) is 0. The van der Waals surface area contributed by atoms with Crippen LogP contribution in [0, 0.1) is 10.1 Å². The smallest absolute Gasteiger partial charge is 0.269 e. The number of non-ortho nitro benzene ring substituents is 1. The predicted molar refractivity (Wildman–Crippen MR) is 70.3 cm³/mol. The van der Waals surface area contributed by atoms with E-state index in [9.17, 15) is 10.1 Å². The van der Waals surface area contributed by atoms with Crippen molar-refractivity contribution in [2.24, 2.45) is 0 Å². The van der Waals surface area contributed by atoms with Crippen molar-refractivity contribution in [3.8, 4) is 11.3 Å². The number of hydrogen-bond donors (Lipinski definition) is 1. The molecule has 18 heavy (non-hydrogen) atoms. The highest BCUT2D eigenvalue weighted by Gasteiger charge is 2.08. The van der Waals surface area contributed by atoms with Crippen LogP contribution in [0.25, 0.3) is 11.3 Å². The molecule has 0 aliphatic rings. The van der Waals surface area contributed by atoms with Gasteiger partial charge >= 0.3 is 0 Å². The van der Waals surface area contributed by atoms with Crippen molar-refractivity contribution in [2.45, 2.75) is 5.03 Å². The summed E-state index contributed by atoms with van der Waals surface area (Å²) in [5, 5.41) is 11.3. The first-order valence-corrected chi connectivity index (χ1v) is 6.26. The normalized spacial score (nSPS) is 10.3. The third-order valence-electron chi connectivity index (χ3n) is 2.30. The Hall–Kier alpha value is -2.15. The van der Waals surface area contributed by atoms with Gasteiger partial charge in [-0.05, 0) is 24.5 Å². The van der Waals surface area contributed by atoms with Gasteiger partial charge in [0.2, 0.25) is 5.95 Å². The van der Waals surface area contributed by atoms with E-state index < -0.39 is 4.92 Å². The van der Waals surface area contributed by atoms with E-state index in [1.54, 1.807) is 18.2 Å². The van der Waals surface area contributed by atoms with Crippen LogP contribution >= 0.6 is 11.8 Å². The summed E-state index contributed by atoms with van der Waals surface area (Å²) in [6.07, 6.45) is 1.89. The van der Waals surface area contributed by atoms with Gasteiger partial charge in [-0.3, -0.25) is 10.1 Å². The number of hydrogen-bond acceptors (Lipinski definition) is 6. The molecule has 0 aliphatic carbocycles. The van der Waals surface area contributed by atoms with E-state index in [1.807, 2.05) is 6.26 Å². The Bertz CT molecular complexity index is 586. The van der Waals surface area contributed by atoms with Crippen molar-refractivity contribution in [2.75, 3.05) is 12.0 Å². The summed E-state index contributed by atoms with van der Waals surface area (Å²) in [4.78, 5) is 18.3. The largest absolute Gasteiger partial charge is 0.368 e. The molecule has 7 heteroatoms. The second kappa shape index (κ2) is 5.01. The Labute approximate surface area is 107 Å². The highest BCUT2D eigenvalue weighted by atomic mass is 32.2. The van der Waals surface area contributed by atoms with E-state index in [2.05, 4.69) is 9.97 Å². The van der Waals surface area contributed by atoms with Crippen LogP contribution in [-0.2, 0) is 0 Å². The van der Waals surface area contributed by atoms with E-state index >= 15 is 0 Å². The fourth-order valence-corrected chi connectivity index (χ4v) is 1.86. The SMILES string of the molecule is CSc1cc(-c2ccc([N+](=O)[O-])cc2)nc(N)n1. The van der Waals surface area contributed by atoms with E-state index in [-0.39, 0.29) is 11.6 Å². The standard InChI is InChI=1S/C11H10N4O2S/c1-18-10-6-9(13-11(12)14-10)7-2-4-8(5-3-7)15(16)17/h2-6H,1H3,(H2,12,13,14). The maximum Gasteiger partial charge on any atom is 0.269 e. The fraction of sp³-hybridized carbons (Fsp3) is 0.0909. The molecule has 1 aromatic carbocycles. The number of rotatable bonds is 3. The Balaban J connectivity index is 2.42. The zero-order valence-corrected chi connectivity index (χ0v) is 10.3. The second-order valence-electron chi connectivity index (χ2n) is 3.46. The van der Waals surface area contributed by atoms with Crippen LogP contribution in [0.5, 0.6) is 0 Å². The minimum absolute atomic E-state index is 0.0471. The first-order valence-electron chi connectivity index (χ1n) is 5.03. The minimum Gasteiger partial charge on any atom is -0.368 e. The van der Waals surface area contributed by atoms with Crippen molar-refractivity contribution in [1.29, 1.82) is 0 Å². The summed E-state index contributed by atoms with van der Waals surface area (Å²) in [6, 6.07) is 7.95. The first-order chi connectivity index (χ1) is 8.60. The van der Waals surface area contributed by atoms with Crippen molar-refractivity contribution >= 4 is 23.4 Å². The van der Waals surface area contributed by atoms with Gasteiger partial charge in [0.1, 0.15) is 5.03 Å². The molecule has 6 nitrogen and oxygen atoms in total. The molecule has 2 aromatic rings. The van der Waals surface area contributed by atoms with Crippen LogP contribution in [-0.4, -0.2) is 21.1 Å². The van der Waals surface area contributed by atoms with Gasteiger partial charge in [0.15, 0.2) is 0 Å². The van der Waals surface area contributed by atoms with E-state index in [0.29, 0.717) is 5.69 Å². The summed E-state index contributed by atoms with van der Waals surface area (Å²) in [5.74, 6) is 0.190. The van der Waals surface area contributed by atoms with Crippen molar-refractivity contribution in [1.82, 2.24) is 9.97 Å². The van der Waals surface area contributed by atoms with Crippen molar-refractivity contribution in [3.63, 3.8) is 0 Å². The molecule has 1 aromatic heterocycles. The number of benzene rings is 1. The minimum atomic E-state index is -0.439. The van der Waals surface area contributed by atoms with Gasteiger partial charge in [-0.15, -0.1) is 11.8 Å². The quantitative estimate of drug-likeness (QED) is 0.395. The maximum absolute atomic E-state index is 10.6. The summed E-state index contributed by atoms with van der Waals surface area (Å²) in [7, 11) is 0. The van der Waals surface area contributed by atoms with E-state index in [1.165, 1.54) is 23.9 Å². The lowest BCUT2D eigenvalue weighted by atomic mass is 10.1. The van der Waals surface area contributed by atoms with Gasteiger partial charge < -0.3 is 5.73 Å². The number of thioether (sulfide) groups is 1. The number of nitro benzene ring substituents is 1. The van der Waals surface area contributed by atoms with Gasteiger partial charge in [0, 0.05) is 17.7 Å². The Morgan fingerprint density at radius 2 is 1.94 bits per heavy atom. The first kappa shape index (κ1) is 12.3. The molecule has 0 saturated heterocycles. The van der Waals surface area contributed by atoms with Gasteiger partial charge in [-0.2, -0.15) is 0 Å². The topological polar surface area (TPSA) is 94.9 Å². The lowest BCUT2D eigenvalue weighted by Crippen LogP contribution is -1.97. The zero-order valence-electron chi connectivity index (χ0n) is 9.53. The van der Waals surface area contributed by atoms with E-state index in [4.69, 9.17) is 5.73 Å². The molecule has 0 bridgehead atoms. The highest BCUT2D eigenvalue weighted by molar-refractivity contribution is 7.98. The average Bonchev–Trinajstić information content (AvgIpc) is 2.38. The van der Waals surface area contributed by atoms with Gasteiger partial charge in [0.05, 0.1) is 10.6 Å². The van der Waals surface area contributed by atoms with Crippen LogP contribution in [0.1, 0.15) is 0 Å². The molecule has 0 amide bonds. The Morgan fingerprint density at radius 3 is 2.50 bits per heavy atom. The maximum atomic E-state index is 10.6. The molecule has 2 N–H and O–H groups in total. The lowest BCUT2D eigenvalue weighted by molar-refractivity contribution is -0.384. The molecule has 92 valence electrons. The molecule has 0 atom stereocenters. The third-order valence-corrected chi connectivity index (χ3v) is 2.93. The van der Waals surface area contributed by atoms with Crippen LogP contribution in [0.4, 0.5) is 11.6 Å². The molecule has 0 aliphatic heterocycles. The van der Waals surface area contributed by atoms with Gasteiger partial charge in [0.25, 0.3) is 5.69 Å². The summed E-state index contributed by atoms with van der Waals surface area (Å²) < 4.78 is 0. The molecular weight excluding hydrogens is 252 g/mol. The predicted octanol–water partition coefficient (Wildman–Crippen LogP) is 2.36. The lowest BCUT2D eigenvalue weighted by Gasteiger charge is -2.04. The highest BCUT2D eigenvalue weighted by Crippen LogP contribution is 2.24. The zero-order chi connectivity index (χ0) is 13.1. The summed E-state index contributed by atoms with van der Waals surface area (Å²) >= 11 is 1.46. The molecule has 0 unspecified atom stereocenters. The molecular formula is C11H10N4O2S. The number of nitrogens with two attached hydrogens (primary N) is 1. The number of anilines is 1. The van der Waals surface area contributed by atoms with Crippen LogP contribution in [0.2, 0.25) is 0 Å². The van der Waals surface area contributed by atoms with E-state index in [0.717, 1.165) is 10.6 Å². The molecule has 0 spiro atoms. The molecule has 0 radical (unpaired) electrons. The Kier molecular flexibility index (Phi) is 3.42. The average molecular weight is 262 g/mol. The summed E-state index contributed by atoms with van der Waals surface area (Å²) in [5.41, 5.74) is 7.08. The van der Waals surface area contributed by atoms with Gasteiger partial charge in [-0.25, -0.2) is 9.97 Å². The fourth-order valence-electron chi connectivity index (χ4n) is 1.45. The van der Waals surface area contributed by atoms with Crippen LogP contribution in [0.3, 0.4) is 0 Å². The van der Waals surface area contributed by atoms with Crippen LogP contribution in [0.15, 0.2) is 35.4 Å². The monoisotopic (exact) mass is 262 g/mol. The second-order valence-corrected chi connectivity index (χ2v) is 4.28. The van der Waals surface area contributed by atoms with Gasteiger partial charge in [-0.1, -0.05) is 0 Å². The number of aromatic nitrogens is 2. The molecule has 0 fully saturated rings. The number of nitrogen functional groups attached to an aromatic ring is 1. The third kappa shape index (κ3) is 2.57. The van der Waals surface area contributed by atoms with Crippen LogP contribution < -0.4 is 5.73 Å². The number of nitro groups is 1. The number of nitrogens with zero attached hydrogens (tertiary/aromatic N) is 3. The molecule has 1 heterocycles. The Morgan fingerprint density at radius 1 is 1.28 bits per heavy atom. The molecule has 2 rings (SSSR count). The molecule has 0 saturated carbocycles.